The van der Waals surface area contributed by atoms with Crippen molar-refractivity contribution in [2.24, 2.45) is 5.41 Å². The van der Waals surface area contributed by atoms with Gasteiger partial charge in [0.15, 0.2) is 0 Å². The molecule has 0 radical (unpaired) electrons. The molecule has 1 unspecified atom stereocenters. The van der Waals surface area contributed by atoms with Crippen LogP contribution in [0.5, 0.6) is 0 Å². The fraction of sp³-hybridized carbons (Fsp3) is 0.562. The van der Waals surface area contributed by atoms with Crippen LogP contribution in [0.15, 0.2) is 18.2 Å². The first-order valence-electron chi connectivity index (χ1n) is 6.75. The normalized spacial score (nSPS) is 13.2. The van der Waals surface area contributed by atoms with Crippen LogP contribution in [-0.4, -0.2) is 23.7 Å². The highest BCUT2D eigenvalue weighted by Crippen LogP contribution is 2.21. The molecule has 1 atom stereocenters. The summed E-state index contributed by atoms with van der Waals surface area (Å²) in [5, 5.41) is 12.4. The summed E-state index contributed by atoms with van der Waals surface area (Å²) in [6.45, 7) is 10.4. The second kappa shape index (κ2) is 6.20. The average molecular weight is 263 g/mol. The lowest BCUT2D eigenvalue weighted by atomic mass is 9.87. The molecule has 0 fully saturated rings. The van der Waals surface area contributed by atoms with Crippen molar-refractivity contribution in [2.45, 2.75) is 47.1 Å². The summed E-state index contributed by atoms with van der Waals surface area (Å²) >= 11 is 0. The minimum atomic E-state index is -0.354. The van der Waals surface area contributed by atoms with Crippen molar-refractivity contribution in [1.29, 1.82) is 0 Å². The summed E-state index contributed by atoms with van der Waals surface area (Å²) in [5.41, 5.74) is 2.76. The van der Waals surface area contributed by atoms with Crippen LogP contribution < -0.4 is 5.32 Å². The molecular formula is C16H25NO2. The van der Waals surface area contributed by atoms with Gasteiger partial charge in [0.2, 0.25) is 0 Å². The lowest BCUT2D eigenvalue weighted by molar-refractivity contribution is 0.0901. The maximum atomic E-state index is 12.2. The Bertz CT molecular complexity index is 450. The number of amides is 1. The van der Waals surface area contributed by atoms with Crippen LogP contribution in [-0.2, 0) is 0 Å². The Hall–Kier alpha value is -1.35. The summed E-state index contributed by atoms with van der Waals surface area (Å²) in [5.74, 6) is -0.0418. The summed E-state index contributed by atoms with van der Waals surface area (Å²) in [4.78, 5) is 12.2. The fourth-order valence-corrected chi connectivity index (χ4v) is 2.28. The van der Waals surface area contributed by atoms with Gasteiger partial charge in [0.05, 0.1) is 6.10 Å². The van der Waals surface area contributed by atoms with Gasteiger partial charge in [-0.2, -0.15) is 0 Å². The first-order valence-corrected chi connectivity index (χ1v) is 6.75. The quantitative estimate of drug-likeness (QED) is 0.858. The molecule has 1 amide bonds. The number of rotatable bonds is 5. The standard InChI is InChI=1S/C16H25NO2/c1-11-7-6-8-14(13(11)3)15(19)17-10-16(4,5)9-12(2)18/h6-8,12,18H,9-10H2,1-5H3,(H,17,19). The Morgan fingerprint density at radius 1 is 1.37 bits per heavy atom. The van der Waals surface area contributed by atoms with E-state index in [1.54, 1.807) is 6.92 Å². The van der Waals surface area contributed by atoms with E-state index < -0.39 is 0 Å². The van der Waals surface area contributed by atoms with Gasteiger partial charge in [-0.1, -0.05) is 26.0 Å². The summed E-state index contributed by atoms with van der Waals surface area (Å²) < 4.78 is 0. The van der Waals surface area contributed by atoms with Crippen molar-refractivity contribution in [3.63, 3.8) is 0 Å². The van der Waals surface area contributed by atoms with Crippen molar-refractivity contribution < 1.29 is 9.90 Å². The molecule has 0 aliphatic heterocycles. The van der Waals surface area contributed by atoms with E-state index in [9.17, 15) is 9.90 Å². The highest BCUT2D eigenvalue weighted by Gasteiger charge is 2.21. The molecule has 106 valence electrons. The van der Waals surface area contributed by atoms with Gasteiger partial charge in [0.1, 0.15) is 0 Å². The number of aliphatic hydroxyl groups excluding tert-OH is 1. The molecule has 0 saturated heterocycles. The van der Waals surface area contributed by atoms with E-state index in [0.29, 0.717) is 13.0 Å². The Morgan fingerprint density at radius 3 is 2.58 bits per heavy atom. The van der Waals surface area contributed by atoms with Gasteiger partial charge in [0.25, 0.3) is 5.91 Å². The van der Waals surface area contributed by atoms with E-state index in [2.05, 4.69) is 5.32 Å². The molecule has 0 heterocycles. The molecule has 0 bridgehead atoms. The zero-order valence-corrected chi connectivity index (χ0v) is 12.6. The molecular weight excluding hydrogens is 238 g/mol. The zero-order valence-electron chi connectivity index (χ0n) is 12.6. The predicted octanol–water partition coefficient (Wildman–Crippen LogP) is 2.83. The van der Waals surface area contributed by atoms with Crippen LogP contribution >= 0.6 is 0 Å². The highest BCUT2D eigenvalue weighted by atomic mass is 16.3. The van der Waals surface area contributed by atoms with Crippen LogP contribution in [0, 0.1) is 19.3 Å². The molecule has 1 rings (SSSR count). The maximum absolute atomic E-state index is 12.2. The summed E-state index contributed by atoms with van der Waals surface area (Å²) in [6.07, 6.45) is 0.313. The molecule has 0 aliphatic rings. The SMILES string of the molecule is Cc1cccc(C(=O)NCC(C)(C)CC(C)O)c1C. The highest BCUT2D eigenvalue weighted by molar-refractivity contribution is 5.95. The van der Waals surface area contributed by atoms with Gasteiger partial charge in [-0.15, -0.1) is 0 Å². The number of aryl methyl sites for hydroxylation is 1. The summed E-state index contributed by atoms with van der Waals surface area (Å²) in [6, 6.07) is 5.75. The largest absolute Gasteiger partial charge is 0.393 e. The van der Waals surface area contributed by atoms with Crippen molar-refractivity contribution in [1.82, 2.24) is 5.32 Å². The molecule has 1 aromatic carbocycles. The second-order valence-corrected chi connectivity index (χ2v) is 6.15. The number of hydrogen-bond acceptors (Lipinski definition) is 2. The molecule has 0 aliphatic carbocycles. The van der Waals surface area contributed by atoms with Gasteiger partial charge in [-0.25, -0.2) is 0 Å². The Morgan fingerprint density at radius 2 is 2.00 bits per heavy atom. The molecule has 2 N–H and O–H groups in total. The first-order chi connectivity index (χ1) is 8.73. The average Bonchev–Trinajstić information content (AvgIpc) is 2.28. The lowest BCUT2D eigenvalue weighted by Crippen LogP contribution is -2.36. The van der Waals surface area contributed by atoms with Crippen LogP contribution in [0.3, 0.4) is 0 Å². The number of carbonyl (C=O) groups is 1. The molecule has 3 nitrogen and oxygen atoms in total. The Kier molecular flexibility index (Phi) is 5.12. The third-order valence-electron chi connectivity index (χ3n) is 3.42. The molecule has 0 saturated carbocycles. The molecule has 19 heavy (non-hydrogen) atoms. The zero-order chi connectivity index (χ0) is 14.6. The van der Waals surface area contributed by atoms with Gasteiger partial charge >= 0.3 is 0 Å². The number of nitrogens with one attached hydrogen (secondary N) is 1. The van der Waals surface area contributed by atoms with Gasteiger partial charge in [-0.05, 0) is 49.8 Å². The predicted molar refractivity (Wildman–Crippen MR) is 78.3 cm³/mol. The third kappa shape index (κ3) is 4.67. The van der Waals surface area contributed by atoms with Gasteiger partial charge in [-0.3, -0.25) is 4.79 Å². The van der Waals surface area contributed by atoms with E-state index in [4.69, 9.17) is 0 Å². The van der Waals surface area contributed by atoms with Crippen LogP contribution in [0.1, 0.15) is 48.7 Å². The third-order valence-corrected chi connectivity index (χ3v) is 3.42. The second-order valence-electron chi connectivity index (χ2n) is 6.15. The monoisotopic (exact) mass is 263 g/mol. The summed E-state index contributed by atoms with van der Waals surface area (Å²) in [7, 11) is 0. The van der Waals surface area contributed by atoms with Crippen LogP contribution in [0.25, 0.3) is 0 Å². The van der Waals surface area contributed by atoms with E-state index >= 15 is 0 Å². The van der Waals surface area contributed by atoms with E-state index in [-0.39, 0.29) is 17.4 Å². The van der Waals surface area contributed by atoms with E-state index in [1.165, 1.54) is 0 Å². The van der Waals surface area contributed by atoms with Crippen LogP contribution in [0.2, 0.25) is 0 Å². The van der Waals surface area contributed by atoms with Gasteiger partial charge in [0, 0.05) is 12.1 Å². The molecule has 1 aromatic rings. The molecule has 0 aromatic heterocycles. The Balaban J connectivity index is 2.68. The van der Waals surface area contributed by atoms with Crippen LogP contribution in [0.4, 0.5) is 0 Å². The van der Waals surface area contributed by atoms with Gasteiger partial charge < -0.3 is 10.4 Å². The maximum Gasteiger partial charge on any atom is 0.251 e. The Labute approximate surface area is 116 Å². The number of carbonyl (C=O) groups excluding carboxylic acids is 1. The molecule has 3 heteroatoms. The van der Waals surface area contributed by atoms with Crippen molar-refractivity contribution in [3.8, 4) is 0 Å². The van der Waals surface area contributed by atoms with Crippen molar-refractivity contribution >= 4 is 5.91 Å². The van der Waals surface area contributed by atoms with Crippen molar-refractivity contribution in [2.75, 3.05) is 6.54 Å². The number of aliphatic hydroxyl groups is 1. The van der Waals surface area contributed by atoms with E-state index in [0.717, 1.165) is 16.7 Å². The lowest BCUT2D eigenvalue weighted by Gasteiger charge is -2.26. The van der Waals surface area contributed by atoms with E-state index in [1.807, 2.05) is 45.9 Å². The minimum Gasteiger partial charge on any atom is -0.393 e. The topological polar surface area (TPSA) is 49.3 Å². The molecule has 0 spiro atoms. The smallest absolute Gasteiger partial charge is 0.251 e. The van der Waals surface area contributed by atoms with Crippen molar-refractivity contribution in [3.05, 3.63) is 34.9 Å². The first kappa shape index (κ1) is 15.7. The fourth-order valence-electron chi connectivity index (χ4n) is 2.28. The number of hydrogen-bond donors (Lipinski definition) is 2. The number of benzene rings is 1. The minimum absolute atomic E-state index is 0.0418.